The molecule has 0 amide bonds. The van der Waals surface area contributed by atoms with E-state index in [-0.39, 0.29) is 0 Å². The second-order valence-electron chi connectivity index (χ2n) is 6.13. The number of nitrogens with two attached hydrogens (primary N) is 1. The largest absolute Gasteiger partial charge is 0.491 e. The number of ether oxygens (including phenoxy) is 2. The lowest BCUT2D eigenvalue weighted by atomic mass is 9.95. The SMILES string of the molecule is COc1c(Cl)cc2c(N)nc(N(C)C3CCCCC3)nc2c1OC. The highest BCUT2D eigenvalue weighted by molar-refractivity contribution is 6.33. The Morgan fingerprint density at radius 1 is 1.12 bits per heavy atom. The molecule has 1 heterocycles. The lowest BCUT2D eigenvalue weighted by molar-refractivity contribution is 0.358. The molecule has 0 aliphatic heterocycles. The van der Waals surface area contributed by atoms with Gasteiger partial charge in [-0.25, -0.2) is 4.98 Å². The summed E-state index contributed by atoms with van der Waals surface area (Å²) in [6.45, 7) is 0. The summed E-state index contributed by atoms with van der Waals surface area (Å²) in [5, 5.41) is 1.09. The number of anilines is 2. The summed E-state index contributed by atoms with van der Waals surface area (Å²) in [7, 11) is 5.14. The minimum absolute atomic E-state index is 0.389. The fraction of sp³-hybridized carbons (Fsp3) is 0.529. The first-order valence-corrected chi connectivity index (χ1v) is 8.55. The van der Waals surface area contributed by atoms with Gasteiger partial charge in [-0.2, -0.15) is 4.98 Å². The molecule has 2 N–H and O–H groups in total. The Balaban J connectivity index is 2.12. The maximum atomic E-state index is 6.26. The molecule has 1 aliphatic rings. The average molecular weight is 351 g/mol. The Kier molecular flexibility index (Phi) is 4.85. The van der Waals surface area contributed by atoms with Crippen molar-refractivity contribution >= 4 is 34.3 Å². The van der Waals surface area contributed by atoms with Crippen LogP contribution in [0.1, 0.15) is 32.1 Å². The van der Waals surface area contributed by atoms with Crippen LogP contribution in [0.25, 0.3) is 10.9 Å². The van der Waals surface area contributed by atoms with Crippen LogP contribution in [-0.4, -0.2) is 37.3 Å². The lowest BCUT2D eigenvalue weighted by Crippen LogP contribution is -2.34. The Labute approximate surface area is 146 Å². The van der Waals surface area contributed by atoms with Gasteiger partial charge in [0, 0.05) is 18.5 Å². The van der Waals surface area contributed by atoms with Gasteiger partial charge in [-0.3, -0.25) is 0 Å². The van der Waals surface area contributed by atoms with Crippen LogP contribution in [0.15, 0.2) is 6.07 Å². The van der Waals surface area contributed by atoms with Crippen molar-refractivity contribution in [3.05, 3.63) is 11.1 Å². The van der Waals surface area contributed by atoms with Crippen molar-refractivity contribution < 1.29 is 9.47 Å². The Hall–Kier alpha value is -1.95. The Morgan fingerprint density at radius 3 is 2.42 bits per heavy atom. The molecule has 3 rings (SSSR count). The number of hydrogen-bond acceptors (Lipinski definition) is 6. The van der Waals surface area contributed by atoms with Gasteiger partial charge in [0.2, 0.25) is 5.95 Å². The molecule has 0 atom stereocenters. The molecule has 1 aromatic carbocycles. The van der Waals surface area contributed by atoms with Gasteiger partial charge in [0.25, 0.3) is 0 Å². The summed E-state index contributed by atoms with van der Waals surface area (Å²) in [6.07, 6.45) is 6.09. The Bertz CT molecular complexity index is 747. The van der Waals surface area contributed by atoms with Crippen LogP contribution in [-0.2, 0) is 0 Å². The van der Waals surface area contributed by atoms with Gasteiger partial charge in [0.15, 0.2) is 11.5 Å². The Morgan fingerprint density at radius 2 is 1.79 bits per heavy atom. The molecule has 1 aliphatic carbocycles. The zero-order chi connectivity index (χ0) is 17.3. The number of aromatic nitrogens is 2. The van der Waals surface area contributed by atoms with Gasteiger partial charge in [0.1, 0.15) is 11.3 Å². The second-order valence-corrected chi connectivity index (χ2v) is 6.54. The third kappa shape index (κ3) is 2.90. The van der Waals surface area contributed by atoms with Gasteiger partial charge < -0.3 is 20.1 Å². The molecule has 1 fully saturated rings. The van der Waals surface area contributed by atoms with E-state index in [4.69, 9.17) is 31.8 Å². The molecular formula is C17H23ClN4O2. The van der Waals surface area contributed by atoms with E-state index in [0.29, 0.717) is 45.2 Å². The zero-order valence-electron chi connectivity index (χ0n) is 14.3. The third-order valence-electron chi connectivity index (χ3n) is 4.72. The highest BCUT2D eigenvalue weighted by atomic mass is 35.5. The van der Waals surface area contributed by atoms with E-state index in [1.807, 2.05) is 7.05 Å². The van der Waals surface area contributed by atoms with E-state index in [9.17, 15) is 0 Å². The first-order valence-electron chi connectivity index (χ1n) is 8.17. The molecule has 0 saturated heterocycles. The van der Waals surface area contributed by atoms with Crippen molar-refractivity contribution in [2.24, 2.45) is 0 Å². The summed E-state index contributed by atoms with van der Waals surface area (Å²) in [6, 6.07) is 2.16. The highest BCUT2D eigenvalue weighted by Crippen LogP contribution is 2.42. The fourth-order valence-corrected chi connectivity index (χ4v) is 3.64. The van der Waals surface area contributed by atoms with Gasteiger partial charge in [-0.15, -0.1) is 0 Å². The van der Waals surface area contributed by atoms with E-state index < -0.39 is 0 Å². The molecule has 24 heavy (non-hydrogen) atoms. The first kappa shape index (κ1) is 16.9. The van der Waals surface area contributed by atoms with Crippen LogP contribution in [0, 0.1) is 0 Å². The van der Waals surface area contributed by atoms with Gasteiger partial charge >= 0.3 is 0 Å². The minimum Gasteiger partial charge on any atom is -0.491 e. The molecule has 0 unspecified atom stereocenters. The van der Waals surface area contributed by atoms with Crippen molar-refractivity contribution in [2.45, 2.75) is 38.1 Å². The van der Waals surface area contributed by atoms with Crippen molar-refractivity contribution in [1.29, 1.82) is 0 Å². The average Bonchev–Trinajstić information content (AvgIpc) is 2.61. The molecular weight excluding hydrogens is 328 g/mol. The molecule has 130 valence electrons. The first-order chi connectivity index (χ1) is 11.6. The maximum absolute atomic E-state index is 6.26. The van der Waals surface area contributed by atoms with Crippen molar-refractivity contribution in [1.82, 2.24) is 9.97 Å². The summed E-state index contributed by atoms with van der Waals surface area (Å²) in [4.78, 5) is 11.3. The second kappa shape index (κ2) is 6.89. The number of fused-ring (bicyclic) bond motifs is 1. The van der Waals surface area contributed by atoms with Crippen LogP contribution in [0.5, 0.6) is 11.5 Å². The molecule has 1 aromatic heterocycles. The minimum atomic E-state index is 0.389. The molecule has 0 spiro atoms. The number of benzene rings is 1. The van der Waals surface area contributed by atoms with Gasteiger partial charge in [-0.05, 0) is 18.9 Å². The molecule has 7 heteroatoms. The maximum Gasteiger partial charge on any atom is 0.228 e. The van der Waals surface area contributed by atoms with E-state index in [0.717, 1.165) is 12.8 Å². The van der Waals surface area contributed by atoms with Gasteiger partial charge in [0.05, 0.1) is 19.2 Å². The summed E-state index contributed by atoms with van der Waals surface area (Å²) in [5.41, 5.74) is 6.79. The number of rotatable bonds is 4. The molecule has 0 radical (unpaired) electrons. The number of nitrogens with zero attached hydrogens (tertiary/aromatic N) is 3. The molecule has 1 saturated carbocycles. The standard InChI is InChI=1S/C17H23ClN4O2/c1-22(10-7-5-4-6-8-10)17-20-13-11(16(19)21-17)9-12(18)14(23-2)15(13)24-3/h9-10H,4-8H2,1-3H3,(H2,19,20,21). The van der Waals surface area contributed by atoms with Crippen LogP contribution in [0.2, 0.25) is 5.02 Å². The summed E-state index contributed by atoms with van der Waals surface area (Å²) in [5.74, 6) is 1.93. The third-order valence-corrected chi connectivity index (χ3v) is 5.00. The lowest BCUT2D eigenvalue weighted by Gasteiger charge is -2.31. The predicted octanol–water partition coefficient (Wildman–Crippen LogP) is 3.65. The normalized spacial score (nSPS) is 15.5. The van der Waals surface area contributed by atoms with E-state index >= 15 is 0 Å². The van der Waals surface area contributed by atoms with E-state index in [1.54, 1.807) is 20.3 Å². The zero-order valence-corrected chi connectivity index (χ0v) is 15.1. The van der Waals surface area contributed by atoms with Crippen LogP contribution >= 0.6 is 11.6 Å². The molecule has 0 bridgehead atoms. The monoisotopic (exact) mass is 350 g/mol. The fourth-order valence-electron chi connectivity index (χ4n) is 3.37. The highest BCUT2D eigenvalue weighted by Gasteiger charge is 2.23. The van der Waals surface area contributed by atoms with Crippen molar-refractivity contribution in [2.75, 3.05) is 31.9 Å². The van der Waals surface area contributed by atoms with Crippen LogP contribution in [0.3, 0.4) is 0 Å². The topological polar surface area (TPSA) is 73.5 Å². The van der Waals surface area contributed by atoms with Crippen molar-refractivity contribution in [3.8, 4) is 11.5 Å². The van der Waals surface area contributed by atoms with Crippen molar-refractivity contribution in [3.63, 3.8) is 0 Å². The van der Waals surface area contributed by atoms with E-state index in [1.165, 1.54) is 19.3 Å². The summed E-state index contributed by atoms with van der Waals surface area (Å²) < 4.78 is 10.9. The van der Waals surface area contributed by atoms with Crippen LogP contribution < -0.4 is 20.1 Å². The predicted molar refractivity (Wildman–Crippen MR) is 97.3 cm³/mol. The molecule has 2 aromatic rings. The van der Waals surface area contributed by atoms with E-state index in [2.05, 4.69) is 9.88 Å². The van der Waals surface area contributed by atoms with Crippen LogP contribution in [0.4, 0.5) is 11.8 Å². The molecule has 6 nitrogen and oxygen atoms in total. The number of methoxy groups -OCH3 is 2. The number of nitrogen functional groups attached to an aromatic ring is 1. The summed E-state index contributed by atoms with van der Waals surface area (Å²) >= 11 is 6.26. The number of halogens is 1. The quantitative estimate of drug-likeness (QED) is 0.907. The van der Waals surface area contributed by atoms with Gasteiger partial charge in [-0.1, -0.05) is 30.9 Å². The number of hydrogen-bond donors (Lipinski definition) is 1. The smallest absolute Gasteiger partial charge is 0.228 e.